The molecule has 1 aliphatic heterocycles. The first-order valence-electron chi connectivity index (χ1n) is 7.90. The lowest BCUT2D eigenvalue weighted by molar-refractivity contribution is 0.0449. The van der Waals surface area contributed by atoms with E-state index < -0.39 is 0 Å². The molecule has 122 valence electrons. The summed E-state index contributed by atoms with van der Waals surface area (Å²) in [6.45, 7) is 8.79. The second kappa shape index (κ2) is 8.15. The molecule has 2 rings (SSSR count). The predicted molar refractivity (Wildman–Crippen MR) is 86.4 cm³/mol. The van der Waals surface area contributed by atoms with Gasteiger partial charge < -0.3 is 14.4 Å². The molecule has 1 unspecified atom stereocenters. The Morgan fingerprint density at radius 1 is 1.18 bits per heavy atom. The van der Waals surface area contributed by atoms with E-state index in [9.17, 15) is 4.79 Å². The Balaban J connectivity index is 1.89. The van der Waals surface area contributed by atoms with E-state index >= 15 is 0 Å². The van der Waals surface area contributed by atoms with Gasteiger partial charge in [-0.25, -0.2) is 0 Å². The zero-order valence-corrected chi connectivity index (χ0v) is 13.7. The van der Waals surface area contributed by atoms with Gasteiger partial charge in [0.2, 0.25) is 0 Å². The van der Waals surface area contributed by atoms with Crippen molar-refractivity contribution in [3.8, 4) is 5.75 Å². The summed E-state index contributed by atoms with van der Waals surface area (Å²) >= 11 is 0. The van der Waals surface area contributed by atoms with Crippen LogP contribution in [-0.2, 0) is 4.74 Å². The highest BCUT2D eigenvalue weighted by Crippen LogP contribution is 2.15. The second-order valence-electron chi connectivity index (χ2n) is 5.59. The van der Waals surface area contributed by atoms with Crippen molar-refractivity contribution in [2.45, 2.75) is 19.9 Å². The number of hydrogen-bond acceptors (Lipinski definition) is 4. The molecule has 0 bridgehead atoms. The molecule has 1 fully saturated rings. The summed E-state index contributed by atoms with van der Waals surface area (Å²) in [5.74, 6) is 0.902. The lowest BCUT2D eigenvalue weighted by atomic mass is 10.1. The van der Waals surface area contributed by atoms with Crippen molar-refractivity contribution in [2.75, 3.05) is 46.5 Å². The fraction of sp³-hybridized carbons (Fsp3) is 0.588. The highest BCUT2D eigenvalue weighted by molar-refractivity contribution is 5.94. The zero-order valence-electron chi connectivity index (χ0n) is 13.7. The van der Waals surface area contributed by atoms with Gasteiger partial charge in [-0.1, -0.05) is 0 Å². The zero-order chi connectivity index (χ0) is 15.9. The SMILES string of the molecule is CCOc1ccc(C(=O)N2CCN(C(C)COC)CC2)cc1. The average molecular weight is 306 g/mol. The topological polar surface area (TPSA) is 42.0 Å². The van der Waals surface area contributed by atoms with Crippen LogP contribution in [0.3, 0.4) is 0 Å². The summed E-state index contributed by atoms with van der Waals surface area (Å²) in [6.07, 6.45) is 0. The van der Waals surface area contributed by atoms with E-state index in [0.29, 0.717) is 12.6 Å². The highest BCUT2D eigenvalue weighted by Gasteiger charge is 2.24. The first-order valence-corrected chi connectivity index (χ1v) is 7.90. The van der Waals surface area contributed by atoms with Gasteiger partial charge in [0.05, 0.1) is 13.2 Å². The predicted octanol–water partition coefficient (Wildman–Crippen LogP) is 1.88. The third-order valence-electron chi connectivity index (χ3n) is 4.04. The number of piperazine rings is 1. The summed E-state index contributed by atoms with van der Waals surface area (Å²) in [6, 6.07) is 7.79. The number of benzene rings is 1. The van der Waals surface area contributed by atoms with Crippen LogP contribution in [0.4, 0.5) is 0 Å². The van der Waals surface area contributed by atoms with Gasteiger partial charge in [0.25, 0.3) is 5.91 Å². The molecule has 22 heavy (non-hydrogen) atoms. The van der Waals surface area contributed by atoms with Crippen LogP contribution in [-0.4, -0.2) is 68.3 Å². The molecule has 1 saturated heterocycles. The number of carbonyl (C=O) groups excluding carboxylic acids is 1. The Morgan fingerprint density at radius 2 is 1.82 bits per heavy atom. The number of hydrogen-bond donors (Lipinski definition) is 0. The molecule has 1 amide bonds. The van der Waals surface area contributed by atoms with E-state index in [1.165, 1.54) is 0 Å². The fourth-order valence-electron chi connectivity index (χ4n) is 2.76. The molecule has 5 heteroatoms. The van der Waals surface area contributed by atoms with Crippen LogP contribution < -0.4 is 4.74 Å². The van der Waals surface area contributed by atoms with Crippen molar-refractivity contribution in [2.24, 2.45) is 0 Å². The van der Waals surface area contributed by atoms with Gasteiger partial charge in [-0.2, -0.15) is 0 Å². The van der Waals surface area contributed by atoms with E-state index in [-0.39, 0.29) is 5.91 Å². The third-order valence-corrected chi connectivity index (χ3v) is 4.04. The average Bonchev–Trinajstić information content (AvgIpc) is 2.55. The molecular formula is C17H26N2O3. The number of carbonyl (C=O) groups is 1. The first kappa shape index (κ1) is 16.8. The summed E-state index contributed by atoms with van der Waals surface area (Å²) in [7, 11) is 1.72. The molecule has 1 aliphatic rings. The van der Waals surface area contributed by atoms with Crippen molar-refractivity contribution in [1.82, 2.24) is 9.80 Å². The van der Waals surface area contributed by atoms with Gasteiger partial charge in [0.1, 0.15) is 5.75 Å². The molecule has 5 nitrogen and oxygen atoms in total. The minimum Gasteiger partial charge on any atom is -0.494 e. The van der Waals surface area contributed by atoms with E-state index in [0.717, 1.165) is 44.1 Å². The number of rotatable bonds is 6. The van der Waals surface area contributed by atoms with Crippen LogP contribution in [0.25, 0.3) is 0 Å². The molecule has 0 radical (unpaired) electrons. The van der Waals surface area contributed by atoms with Crippen LogP contribution in [0.2, 0.25) is 0 Å². The van der Waals surface area contributed by atoms with Gasteiger partial charge in [-0.3, -0.25) is 9.69 Å². The van der Waals surface area contributed by atoms with Gasteiger partial charge in [0.15, 0.2) is 0 Å². The molecule has 0 aliphatic carbocycles. The largest absolute Gasteiger partial charge is 0.494 e. The van der Waals surface area contributed by atoms with Crippen LogP contribution in [0.15, 0.2) is 24.3 Å². The Morgan fingerprint density at radius 3 is 2.36 bits per heavy atom. The van der Waals surface area contributed by atoms with Gasteiger partial charge >= 0.3 is 0 Å². The third kappa shape index (κ3) is 4.21. The van der Waals surface area contributed by atoms with Crippen molar-refractivity contribution in [1.29, 1.82) is 0 Å². The van der Waals surface area contributed by atoms with Gasteiger partial charge in [0, 0.05) is 44.9 Å². The quantitative estimate of drug-likeness (QED) is 0.805. The van der Waals surface area contributed by atoms with Crippen LogP contribution in [0, 0.1) is 0 Å². The molecule has 1 aromatic rings. The Labute approximate surface area is 132 Å². The molecule has 0 N–H and O–H groups in total. The maximum atomic E-state index is 12.5. The summed E-state index contributed by atoms with van der Waals surface area (Å²) in [5, 5.41) is 0. The minimum atomic E-state index is 0.0992. The Kier molecular flexibility index (Phi) is 6.21. The Hall–Kier alpha value is -1.59. The fourth-order valence-corrected chi connectivity index (χ4v) is 2.76. The summed E-state index contributed by atoms with van der Waals surface area (Å²) < 4.78 is 10.6. The number of nitrogens with zero attached hydrogens (tertiary/aromatic N) is 2. The van der Waals surface area contributed by atoms with Crippen LogP contribution in [0.5, 0.6) is 5.75 Å². The maximum absolute atomic E-state index is 12.5. The summed E-state index contributed by atoms with van der Waals surface area (Å²) in [4.78, 5) is 16.8. The highest BCUT2D eigenvalue weighted by atomic mass is 16.5. The van der Waals surface area contributed by atoms with E-state index in [1.807, 2.05) is 36.1 Å². The Bertz CT molecular complexity index is 467. The van der Waals surface area contributed by atoms with Crippen molar-refractivity contribution < 1.29 is 14.3 Å². The van der Waals surface area contributed by atoms with Crippen molar-refractivity contribution in [3.05, 3.63) is 29.8 Å². The van der Waals surface area contributed by atoms with Crippen LogP contribution in [0.1, 0.15) is 24.2 Å². The summed E-state index contributed by atoms with van der Waals surface area (Å²) in [5.41, 5.74) is 0.724. The first-order chi connectivity index (χ1) is 10.7. The lowest BCUT2D eigenvalue weighted by Gasteiger charge is -2.37. The van der Waals surface area contributed by atoms with E-state index in [1.54, 1.807) is 7.11 Å². The van der Waals surface area contributed by atoms with E-state index in [4.69, 9.17) is 9.47 Å². The van der Waals surface area contributed by atoms with Gasteiger partial charge in [-0.15, -0.1) is 0 Å². The molecule has 0 saturated carbocycles. The second-order valence-corrected chi connectivity index (χ2v) is 5.59. The number of amides is 1. The smallest absolute Gasteiger partial charge is 0.253 e. The lowest BCUT2D eigenvalue weighted by Crippen LogP contribution is -2.52. The van der Waals surface area contributed by atoms with Crippen molar-refractivity contribution >= 4 is 5.91 Å². The maximum Gasteiger partial charge on any atom is 0.253 e. The van der Waals surface area contributed by atoms with Crippen LogP contribution >= 0.6 is 0 Å². The molecule has 1 aromatic carbocycles. The normalized spacial score (nSPS) is 17.3. The monoisotopic (exact) mass is 306 g/mol. The molecule has 0 spiro atoms. The molecule has 0 aromatic heterocycles. The minimum absolute atomic E-state index is 0.0992. The number of ether oxygens (including phenoxy) is 2. The molecule has 1 heterocycles. The molecular weight excluding hydrogens is 280 g/mol. The standard InChI is InChI=1S/C17H26N2O3/c1-4-22-16-7-5-15(6-8-16)17(20)19-11-9-18(10-12-19)14(2)13-21-3/h5-8,14H,4,9-13H2,1-3H3. The number of methoxy groups -OCH3 is 1. The molecule has 1 atom stereocenters. The van der Waals surface area contributed by atoms with E-state index in [2.05, 4.69) is 11.8 Å². The van der Waals surface area contributed by atoms with Gasteiger partial charge in [-0.05, 0) is 38.1 Å². The van der Waals surface area contributed by atoms with Crippen molar-refractivity contribution in [3.63, 3.8) is 0 Å².